The number of carboxylic acids is 1. The molecule has 2 heterocycles. The van der Waals surface area contributed by atoms with Crippen LogP contribution >= 0.6 is 11.3 Å². The standard InChI is InChI=1S/C12H15N5O2S/c1-17-6-14-9(16-17)4-5-13-12-15-10-7(11(18)19)2-3-8(10)20-12/h6-7H,2-5H2,1H3,(H,13,15)(H,18,19). The number of anilines is 1. The van der Waals surface area contributed by atoms with Crippen molar-refractivity contribution in [3.05, 3.63) is 22.7 Å². The monoisotopic (exact) mass is 293 g/mol. The van der Waals surface area contributed by atoms with Crippen molar-refractivity contribution in [3.8, 4) is 0 Å². The second kappa shape index (κ2) is 5.20. The molecule has 20 heavy (non-hydrogen) atoms. The van der Waals surface area contributed by atoms with Crippen LogP contribution in [0.1, 0.15) is 28.7 Å². The Hall–Kier alpha value is -1.96. The summed E-state index contributed by atoms with van der Waals surface area (Å²) in [5, 5.41) is 17.3. The number of nitrogens with zero attached hydrogens (tertiary/aromatic N) is 4. The molecule has 2 aromatic heterocycles. The topological polar surface area (TPSA) is 92.9 Å². The Balaban J connectivity index is 1.59. The zero-order valence-corrected chi connectivity index (χ0v) is 11.9. The van der Waals surface area contributed by atoms with E-state index >= 15 is 0 Å². The third-order valence-corrected chi connectivity index (χ3v) is 4.38. The molecule has 0 saturated heterocycles. The Labute approximate surface area is 119 Å². The lowest BCUT2D eigenvalue weighted by molar-refractivity contribution is -0.138. The Morgan fingerprint density at radius 3 is 3.20 bits per heavy atom. The summed E-state index contributed by atoms with van der Waals surface area (Å²) in [6.45, 7) is 0.689. The Bertz CT molecular complexity index is 636. The number of aliphatic carboxylic acids is 1. The summed E-state index contributed by atoms with van der Waals surface area (Å²) < 4.78 is 1.67. The molecule has 0 bridgehead atoms. The van der Waals surface area contributed by atoms with E-state index in [2.05, 4.69) is 20.4 Å². The third-order valence-electron chi connectivity index (χ3n) is 3.29. The lowest BCUT2D eigenvalue weighted by Crippen LogP contribution is -2.10. The van der Waals surface area contributed by atoms with Crippen LogP contribution in [0, 0.1) is 0 Å². The summed E-state index contributed by atoms with van der Waals surface area (Å²) in [4.78, 5) is 20.8. The first kappa shape index (κ1) is 13.0. The van der Waals surface area contributed by atoms with Crippen molar-refractivity contribution >= 4 is 22.4 Å². The minimum atomic E-state index is -0.779. The highest BCUT2D eigenvalue weighted by molar-refractivity contribution is 7.15. The van der Waals surface area contributed by atoms with Crippen molar-refractivity contribution in [2.24, 2.45) is 7.05 Å². The Kier molecular flexibility index (Phi) is 3.39. The molecule has 0 aromatic carbocycles. The molecule has 3 rings (SSSR count). The zero-order chi connectivity index (χ0) is 14.1. The highest BCUT2D eigenvalue weighted by Gasteiger charge is 2.32. The summed E-state index contributed by atoms with van der Waals surface area (Å²) in [5.41, 5.74) is 0.737. The molecule has 1 aliphatic carbocycles. The average Bonchev–Trinajstić information content (AvgIpc) is 3.04. The molecule has 0 fully saturated rings. The van der Waals surface area contributed by atoms with Crippen LogP contribution < -0.4 is 5.32 Å². The minimum absolute atomic E-state index is 0.436. The van der Waals surface area contributed by atoms with Crippen LogP contribution in [0.15, 0.2) is 6.33 Å². The van der Waals surface area contributed by atoms with Gasteiger partial charge < -0.3 is 10.4 Å². The molecule has 7 nitrogen and oxygen atoms in total. The summed E-state index contributed by atoms with van der Waals surface area (Å²) in [5.74, 6) is -0.431. The van der Waals surface area contributed by atoms with Gasteiger partial charge in [-0.3, -0.25) is 9.48 Å². The number of carboxylic acid groups (broad SMARTS) is 1. The lowest BCUT2D eigenvalue weighted by atomic mass is 10.1. The number of rotatable bonds is 5. The van der Waals surface area contributed by atoms with E-state index in [1.165, 1.54) is 0 Å². The van der Waals surface area contributed by atoms with Crippen molar-refractivity contribution in [3.63, 3.8) is 0 Å². The third kappa shape index (κ3) is 2.51. The number of aromatic nitrogens is 4. The fourth-order valence-electron chi connectivity index (χ4n) is 2.32. The van der Waals surface area contributed by atoms with E-state index in [0.717, 1.165) is 27.9 Å². The quantitative estimate of drug-likeness (QED) is 0.855. The number of fused-ring (bicyclic) bond motifs is 1. The number of nitrogens with one attached hydrogen (secondary N) is 1. The fraction of sp³-hybridized carbons (Fsp3) is 0.500. The SMILES string of the molecule is Cn1cnc(CCNc2nc3c(s2)CCC3C(=O)O)n1. The molecule has 106 valence electrons. The van der Waals surface area contributed by atoms with Gasteiger partial charge in [0, 0.05) is 24.9 Å². The van der Waals surface area contributed by atoms with E-state index in [1.807, 2.05) is 7.05 Å². The molecule has 0 amide bonds. The summed E-state index contributed by atoms with van der Waals surface area (Å²) in [6, 6.07) is 0. The highest BCUT2D eigenvalue weighted by atomic mass is 32.1. The molecule has 0 spiro atoms. The first-order valence-corrected chi connectivity index (χ1v) is 7.26. The fourth-order valence-corrected chi connectivity index (χ4v) is 3.39. The van der Waals surface area contributed by atoms with Crippen LogP contribution in [-0.2, 0) is 24.7 Å². The molecule has 1 atom stereocenters. The molecule has 0 aliphatic heterocycles. The maximum Gasteiger partial charge on any atom is 0.312 e. The molecule has 1 unspecified atom stereocenters. The predicted molar refractivity (Wildman–Crippen MR) is 74.0 cm³/mol. The number of carbonyl (C=O) groups is 1. The van der Waals surface area contributed by atoms with Crippen molar-refractivity contribution in [2.75, 3.05) is 11.9 Å². The maximum atomic E-state index is 11.1. The molecule has 2 N–H and O–H groups in total. The number of hydrogen-bond acceptors (Lipinski definition) is 6. The van der Waals surface area contributed by atoms with E-state index in [-0.39, 0.29) is 0 Å². The van der Waals surface area contributed by atoms with Gasteiger partial charge in [-0.05, 0) is 12.8 Å². The van der Waals surface area contributed by atoms with Crippen LogP contribution in [0.4, 0.5) is 5.13 Å². The van der Waals surface area contributed by atoms with Crippen LogP contribution in [-0.4, -0.2) is 37.4 Å². The van der Waals surface area contributed by atoms with Gasteiger partial charge >= 0.3 is 5.97 Å². The van der Waals surface area contributed by atoms with Crippen molar-refractivity contribution in [1.29, 1.82) is 0 Å². The van der Waals surface area contributed by atoms with E-state index in [0.29, 0.717) is 19.4 Å². The molecule has 1 aliphatic rings. The van der Waals surface area contributed by atoms with Crippen molar-refractivity contribution in [2.45, 2.75) is 25.2 Å². The predicted octanol–water partition coefficient (Wildman–Crippen LogP) is 1.04. The summed E-state index contributed by atoms with van der Waals surface area (Å²) in [7, 11) is 1.83. The van der Waals surface area contributed by atoms with Crippen LogP contribution in [0.5, 0.6) is 0 Å². The number of hydrogen-bond donors (Lipinski definition) is 2. The second-order valence-corrected chi connectivity index (χ2v) is 5.85. The smallest absolute Gasteiger partial charge is 0.312 e. The molecular formula is C12H15N5O2S. The maximum absolute atomic E-state index is 11.1. The van der Waals surface area contributed by atoms with Gasteiger partial charge in [0.2, 0.25) is 0 Å². The Morgan fingerprint density at radius 2 is 2.50 bits per heavy atom. The van der Waals surface area contributed by atoms with Crippen LogP contribution in [0.25, 0.3) is 0 Å². The van der Waals surface area contributed by atoms with Gasteiger partial charge in [0.25, 0.3) is 0 Å². The van der Waals surface area contributed by atoms with Gasteiger partial charge in [-0.1, -0.05) is 0 Å². The molecule has 2 aromatic rings. The summed E-state index contributed by atoms with van der Waals surface area (Å²) in [6.07, 6.45) is 3.87. The molecular weight excluding hydrogens is 278 g/mol. The normalized spacial score (nSPS) is 17.1. The van der Waals surface area contributed by atoms with E-state index in [1.54, 1.807) is 22.3 Å². The largest absolute Gasteiger partial charge is 0.481 e. The van der Waals surface area contributed by atoms with Gasteiger partial charge in [0.1, 0.15) is 12.2 Å². The summed E-state index contributed by atoms with van der Waals surface area (Å²) >= 11 is 1.55. The molecule has 0 radical (unpaired) electrons. The molecule has 0 saturated carbocycles. The Morgan fingerprint density at radius 1 is 1.65 bits per heavy atom. The highest BCUT2D eigenvalue weighted by Crippen LogP contribution is 2.38. The number of aryl methyl sites for hydroxylation is 2. The lowest BCUT2D eigenvalue weighted by Gasteiger charge is -2.02. The van der Waals surface area contributed by atoms with Gasteiger partial charge in [0.15, 0.2) is 11.0 Å². The van der Waals surface area contributed by atoms with E-state index in [4.69, 9.17) is 5.11 Å². The average molecular weight is 293 g/mol. The van der Waals surface area contributed by atoms with E-state index < -0.39 is 11.9 Å². The van der Waals surface area contributed by atoms with Gasteiger partial charge in [-0.2, -0.15) is 5.10 Å². The molecule has 8 heteroatoms. The van der Waals surface area contributed by atoms with Crippen molar-refractivity contribution < 1.29 is 9.90 Å². The van der Waals surface area contributed by atoms with Gasteiger partial charge in [0.05, 0.1) is 5.69 Å². The second-order valence-electron chi connectivity index (χ2n) is 4.77. The first-order chi connectivity index (χ1) is 9.63. The van der Waals surface area contributed by atoms with Crippen LogP contribution in [0.3, 0.4) is 0 Å². The van der Waals surface area contributed by atoms with Gasteiger partial charge in [-0.15, -0.1) is 11.3 Å². The van der Waals surface area contributed by atoms with Gasteiger partial charge in [-0.25, -0.2) is 9.97 Å². The zero-order valence-electron chi connectivity index (χ0n) is 11.0. The van der Waals surface area contributed by atoms with E-state index in [9.17, 15) is 4.79 Å². The van der Waals surface area contributed by atoms with Crippen LogP contribution in [0.2, 0.25) is 0 Å². The first-order valence-electron chi connectivity index (χ1n) is 6.44. The number of thiazole rings is 1. The minimum Gasteiger partial charge on any atom is -0.481 e. The van der Waals surface area contributed by atoms with Crippen molar-refractivity contribution in [1.82, 2.24) is 19.7 Å².